The second-order valence-electron chi connectivity index (χ2n) is 3.33. The van der Waals surface area contributed by atoms with Crippen LogP contribution in [0.15, 0.2) is 18.2 Å². The molecule has 0 bridgehead atoms. The van der Waals surface area contributed by atoms with Gasteiger partial charge in [-0.2, -0.15) is 0 Å². The number of benzene rings is 1. The minimum absolute atomic E-state index is 0.209. The van der Waals surface area contributed by atoms with Gasteiger partial charge < -0.3 is 15.2 Å². The van der Waals surface area contributed by atoms with Crippen molar-refractivity contribution in [3.8, 4) is 5.75 Å². The molecule has 5 heteroatoms. The zero-order chi connectivity index (χ0) is 12.1. The van der Waals surface area contributed by atoms with E-state index in [1.807, 2.05) is 0 Å². The maximum atomic E-state index is 13.1. The van der Waals surface area contributed by atoms with Gasteiger partial charge in [-0.15, -0.1) is 0 Å². The lowest BCUT2D eigenvalue weighted by atomic mass is 10.1. The summed E-state index contributed by atoms with van der Waals surface area (Å²) in [5.41, 5.74) is 6.16. The van der Waals surface area contributed by atoms with E-state index in [1.54, 1.807) is 6.07 Å². The van der Waals surface area contributed by atoms with Crippen molar-refractivity contribution in [2.45, 2.75) is 12.5 Å². The summed E-state index contributed by atoms with van der Waals surface area (Å²) in [4.78, 5) is 11.1. The van der Waals surface area contributed by atoms with E-state index in [0.29, 0.717) is 11.3 Å². The summed E-state index contributed by atoms with van der Waals surface area (Å²) in [7, 11) is 2.70. The minimum Gasteiger partial charge on any atom is -0.497 e. The van der Waals surface area contributed by atoms with Crippen molar-refractivity contribution in [1.82, 2.24) is 0 Å². The van der Waals surface area contributed by atoms with Gasteiger partial charge in [-0.1, -0.05) is 0 Å². The van der Waals surface area contributed by atoms with Crippen molar-refractivity contribution in [3.05, 3.63) is 29.6 Å². The maximum absolute atomic E-state index is 13.1. The maximum Gasteiger partial charge on any atom is 0.322 e. The minimum atomic E-state index is -0.795. The molecular weight excluding hydrogens is 213 g/mol. The quantitative estimate of drug-likeness (QED) is 0.775. The second-order valence-corrected chi connectivity index (χ2v) is 3.33. The van der Waals surface area contributed by atoms with E-state index in [4.69, 9.17) is 10.5 Å². The summed E-state index contributed by atoms with van der Waals surface area (Å²) >= 11 is 0. The predicted octanol–water partition coefficient (Wildman–Crippen LogP) is 0.877. The Kier molecular flexibility index (Phi) is 4.25. The smallest absolute Gasteiger partial charge is 0.322 e. The van der Waals surface area contributed by atoms with Gasteiger partial charge in [-0.05, 0) is 24.1 Å². The lowest BCUT2D eigenvalue weighted by Crippen LogP contribution is -2.33. The molecule has 2 N–H and O–H groups in total. The molecule has 0 aliphatic rings. The van der Waals surface area contributed by atoms with Gasteiger partial charge in [0.1, 0.15) is 17.6 Å². The van der Waals surface area contributed by atoms with Crippen molar-refractivity contribution in [2.24, 2.45) is 5.73 Å². The largest absolute Gasteiger partial charge is 0.497 e. The van der Waals surface area contributed by atoms with Crippen LogP contribution in [0.4, 0.5) is 4.39 Å². The molecule has 0 fully saturated rings. The molecule has 0 aliphatic carbocycles. The number of nitrogens with two attached hydrogens (primary N) is 1. The molecule has 0 aromatic heterocycles. The number of esters is 1. The van der Waals surface area contributed by atoms with Gasteiger partial charge in [0.25, 0.3) is 0 Å². The van der Waals surface area contributed by atoms with Crippen LogP contribution in [0.5, 0.6) is 5.75 Å². The molecular formula is C11H14FNO3. The summed E-state index contributed by atoms with van der Waals surface area (Å²) in [5, 5.41) is 0. The number of ether oxygens (including phenoxy) is 2. The fourth-order valence-electron chi connectivity index (χ4n) is 1.35. The number of methoxy groups -OCH3 is 2. The molecule has 4 nitrogen and oxygen atoms in total. The molecule has 0 radical (unpaired) electrons. The zero-order valence-corrected chi connectivity index (χ0v) is 9.20. The average Bonchev–Trinajstić information content (AvgIpc) is 2.26. The zero-order valence-electron chi connectivity index (χ0n) is 9.20. The summed E-state index contributed by atoms with van der Waals surface area (Å²) in [5.74, 6) is -0.554. The Morgan fingerprint density at radius 3 is 2.69 bits per heavy atom. The Balaban J connectivity index is 2.80. The van der Waals surface area contributed by atoms with E-state index in [9.17, 15) is 9.18 Å². The first-order valence-corrected chi connectivity index (χ1v) is 4.73. The van der Waals surface area contributed by atoms with E-state index in [0.717, 1.165) is 0 Å². The number of hydrogen-bond donors (Lipinski definition) is 1. The Morgan fingerprint density at radius 1 is 1.44 bits per heavy atom. The van der Waals surface area contributed by atoms with Gasteiger partial charge in [-0.3, -0.25) is 4.79 Å². The monoisotopic (exact) mass is 227 g/mol. The molecule has 0 aliphatic heterocycles. The van der Waals surface area contributed by atoms with E-state index in [1.165, 1.54) is 26.4 Å². The van der Waals surface area contributed by atoms with Gasteiger partial charge >= 0.3 is 5.97 Å². The van der Waals surface area contributed by atoms with Gasteiger partial charge in [0, 0.05) is 6.07 Å². The Hall–Kier alpha value is -1.62. The normalized spacial score (nSPS) is 12.0. The van der Waals surface area contributed by atoms with Crippen LogP contribution < -0.4 is 10.5 Å². The third-order valence-corrected chi connectivity index (χ3v) is 2.13. The number of carbonyl (C=O) groups excluding carboxylic acids is 1. The van der Waals surface area contributed by atoms with Crippen LogP contribution in [0.1, 0.15) is 5.56 Å². The first-order valence-electron chi connectivity index (χ1n) is 4.73. The molecule has 0 saturated carbocycles. The highest BCUT2D eigenvalue weighted by Gasteiger charge is 2.15. The summed E-state index contributed by atoms with van der Waals surface area (Å²) in [6.45, 7) is 0. The van der Waals surface area contributed by atoms with Crippen molar-refractivity contribution in [1.29, 1.82) is 0 Å². The molecule has 0 spiro atoms. The number of rotatable bonds is 4. The van der Waals surface area contributed by atoms with Crippen LogP contribution in [0, 0.1) is 5.82 Å². The standard InChI is InChI=1S/C11H14FNO3/c1-15-9-4-7(3-8(12)6-9)5-10(13)11(14)16-2/h3-4,6,10H,5,13H2,1-2H3/t10-/m1/s1. The second kappa shape index (κ2) is 5.46. The van der Waals surface area contributed by atoms with E-state index >= 15 is 0 Å². The lowest BCUT2D eigenvalue weighted by molar-refractivity contribution is -0.142. The van der Waals surface area contributed by atoms with Crippen molar-refractivity contribution >= 4 is 5.97 Å². The van der Waals surface area contributed by atoms with Gasteiger partial charge in [0.2, 0.25) is 0 Å². The third kappa shape index (κ3) is 3.20. The highest BCUT2D eigenvalue weighted by Crippen LogP contribution is 2.17. The molecule has 1 aromatic rings. The van der Waals surface area contributed by atoms with Crippen LogP contribution in [-0.2, 0) is 16.0 Å². The van der Waals surface area contributed by atoms with E-state index in [-0.39, 0.29) is 6.42 Å². The lowest BCUT2D eigenvalue weighted by Gasteiger charge is -2.10. The number of carbonyl (C=O) groups is 1. The number of halogens is 1. The first-order chi connectivity index (χ1) is 7.56. The molecule has 1 rings (SSSR count). The average molecular weight is 227 g/mol. The summed E-state index contributed by atoms with van der Waals surface area (Å²) in [6.07, 6.45) is 0.209. The highest BCUT2D eigenvalue weighted by molar-refractivity contribution is 5.75. The van der Waals surface area contributed by atoms with Crippen LogP contribution in [-0.4, -0.2) is 26.2 Å². The third-order valence-electron chi connectivity index (χ3n) is 2.13. The van der Waals surface area contributed by atoms with Crippen LogP contribution in [0.25, 0.3) is 0 Å². The molecule has 0 heterocycles. The molecule has 16 heavy (non-hydrogen) atoms. The molecule has 0 amide bonds. The van der Waals surface area contributed by atoms with Gasteiger partial charge in [0.15, 0.2) is 0 Å². The number of hydrogen-bond acceptors (Lipinski definition) is 4. The summed E-state index contributed by atoms with van der Waals surface area (Å²) in [6, 6.07) is 3.40. The molecule has 88 valence electrons. The fourth-order valence-corrected chi connectivity index (χ4v) is 1.35. The highest BCUT2D eigenvalue weighted by atomic mass is 19.1. The van der Waals surface area contributed by atoms with Crippen LogP contribution in [0.2, 0.25) is 0 Å². The SMILES string of the molecule is COC(=O)[C@H](N)Cc1cc(F)cc(OC)c1. The molecule has 1 aromatic carbocycles. The Labute approximate surface area is 93.2 Å². The van der Waals surface area contributed by atoms with Crippen molar-refractivity contribution < 1.29 is 18.7 Å². The van der Waals surface area contributed by atoms with Gasteiger partial charge in [0.05, 0.1) is 14.2 Å². The Morgan fingerprint density at radius 2 is 2.12 bits per heavy atom. The fraction of sp³-hybridized carbons (Fsp3) is 0.364. The van der Waals surface area contributed by atoms with Crippen LogP contribution in [0.3, 0.4) is 0 Å². The first kappa shape index (κ1) is 12.4. The topological polar surface area (TPSA) is 61.5 Å². The van der Waals surface area contributed by atoms with Crippen molar-refractivity contribution in [3.63, 3.8) is 0 Å². The van der Waals surface area contributed by atoms with Crippen LogP contribution >= 0.6 is 0 Å². The summed E-state index contributed by atoms with van der Waals surface area (Å²) < 4.78 is 22.5. The molecule has 1 atom stereocenters. The molecule has 0 unspecified atom stereocenters. The van der Waals surface area contributed by atoms with E-state index < -0.39 is 17.8 Å². The van der Waals surface area contributed by atoms with E-state index in [2.05, 4.69) is 4.74 Å². The molecule has 0 saturated heterocycles. The van der Waals surface area contributed by atoms with Gasteiger partial charge in [-0.25, -0.2) is 4.39 Å². The van der Waals surface area contributed by atoms with Crippen molar-refractivity contribution in [2.75, 3.05) is 14.2 Å². The Bertz CT molecular complexity index is 381. The predicted molar refractivity (Wildman–Crippen MR) is 56.6 cm³/mol.